The number of aryl methyl sites for hydroxylation is 2. The zero-order valence-electron chi connectivity index (χ0n) is 14.5. The summed E-state index contributed by atoms with van der Waals surface area (Å²) in [7, 11) is 0. The van der Waals surface area contributed by atoms with Crippen LogP contribution in [0.15, 0.2) is 36.7 Å². The average molecular weight is 327 g/mol. The van der Waals surface area contributed by atoms with E-state index in [0.29, 0.717) is 18.7 Å². The Balaban J connectivity index is 2.03. The number of nitrogens with zero attached hydrogens (tertiary/aromatic N) is 1. The van der Waals surface area contributed by atoms with Crippen molar-refractivity contribution in [2.45, 2.75) is 39.8 Å². The van der Waals surface area contributed by atoms with Gasteiger partial charge in [0.15, 0.2) is 0 Å². The molecule has 128 valence electrons. The summed E-state index contributed by atoms with van der Waals surface area (Å²) in [5, 5.41) is 2.89. The molecule has 1 amide bonds. The molecule has 1 heterocycles. The van der Waals surface area contributed by atoms with Crippen molar-refractivity contribution in [2.24, 2.45) is 5.73 Å². The molecule has 1 unspecified atom stereocenters. The van der Waals surface area contributed by atoms with Gasteiger partial charge in [0, 0.05) is 36.1 Å². The minimum Gasteiger partial charge on any atom is -0.488 e. The first-order chi connectivity index (χ1) is 11.5. The third kappa shape index (κ3) is 5.06. The Hall–Kier alpha value is -2.40. The van der Waals surface area contributed by atoms with E-state index < -0.39 is 0 Å². The van der Waals surface area contributed by atoms with Crippen LogP contribution in [-0.4, -0.2) is 23.5 Å². The fourth-order valence-electron chi connectivity index (χ4n) is 2.46. The second kappa shape index (κ2) is 8.45. The summed E-state index contributed by atoms with van der Waals surface area (Å²) in [5.74, 6) is 0.728. The lowest BCUT2D eigenvalue weighted by Crippen LogP contribution is -2.29. The number of hydrogen-bond acceptors (Lipinski definition) is 4. The molecule has 0 saturated heterocycles. The first-order valence-electron chi connectivity index (χ1n) is 8.14. The van der Waals surface area contributed by atoms with Crippen molar-refractivity contribution in [1.82, 2.24) is 10.3 Å². The van der Waals surface area contributed by atoms with Gasteiger partial charge >= 0.3 is 0 Å². The van der Waals surface area contributed by atoms with Gasteiger partial charge in [-0.1, -0.05) is 6.07 Å². The number of nitrogens with two attached hydrogens (primary N) is 1. The van der Waals surface area contributed by atoms with E-state index in [1.807, 2.05) is 45.0 Å². The van der Waals surface area contributed by atoms with Crippen molar-refractivity contribution in [3.63, 3.8) is 0 Å². The van der Waals surface area contributed by atoms with Crippen molar-refractivity contribution >= 4 is 5.91 Å². The fourth-order valence-corrected chi connectivity index (χ4v) is 2.46. The summed E-state index contributed by atoms with van der Waals surface area (Å²) >= 11 is 0. The van der Waals surface area contributed by atoms with Gasteiger partial charge in [-0.2, -0.15) is 0 Å². The maximum absolute atomic E-state index is 12.2. The molecular weight excluding hydrogens is 302 g/mol. The number of carbonyl (C=O) groups excluding carboxylic acids is 1. The molecule has 1 aromatic carbocycles. The van der Waals surface area contributed by atoms with Crippen molar-refractivity contribution in [3.8, 4) is 5.75 Å². The molecule has 0 spiro atoms. The quantitative estimate of drug-likeness (QED) is 0.820. The zero-order valence-corrected chi connectivity index (χ0v) is 14.5. The summed E-state index contributed by atoms with van der Waals surface area (Å²) < 4.78 is 5.91. The van der Waals surface area contributed by atoms with E-state index in [4.69, 9.17) is 10.5 Å². The predicted molar refractivity (Wildman–Crippen MR) is 95.1 cm³/mol. The molecular formula is C19H25N3O2. The Labute approximate surface area is 143 Å². The van der Waals surface area contributed by atoms with Crippen LogP contribution in [-0.2, 0) is 6.61 Å². The summed E-state index contributed by atoms with van der Waals surface area (Å²) in [4.78, 5) is 16.3. The predicted octanol–water partition coefficient (Wildman–Crippen LogP) is 2.74. The zero-order chi connectivity index (χ0) is 17.5. The third-order valence-corrected chi connectivity index (χ3v) is 3.71. The minimum atomic E-state index is -0.0827. The van der Waals surface area contributed by atoms with Crippen molar-refractivity contribution in [2.75, 3.05) is 6.54 Å². The normalized spacial score (nSPS) is 11.8. The molecule has 2 rings (SSSR count). The number of pyridine rings is 1. The molecule has 24 heavy (non-hydrogen) atoms. The number of ether oxygens (including phenoxy) is 1. The van der Waals surface area contributed by atoms with Crippen LogP contribution in [0.2, 0.25) is 0 Å². The SMILES string of the molecule is Cc1cc(C(=O)NCCC(C)N)cc(C)c1OCc1cccnc1. The highest BCUT2D eigenvalue weighted by molar-refractivity contribution is 5.94. The smallest absolute Gasteiger partial charge is 0.251 e. The van der Waals surface area contributed by atoms with Gasteiger partial charge in [0.2, 0.25) is 0 Å². The van der Waals surface area contributed by atoms with Crippen LogP contribution >= 0.6 is 0 Å². The van der Waals surface area contributed by atoms with E-state index in [9.17, 15) is 4.79 Å². The van der Waals surface area contributed by atoms with Crippen LogP contribution < -0.4 is 15.8 Å². The van der Waals surface area contributed by atoms with Gasteiger partial charge in [0.25, 0.3) is 5.91 Å². The van der Waals surface area contributed by atoms with E-state index in [1.54, 1.807) is 12.4 Å². The lowest BCUT2D eigenvalue weighted by molar-refractivity contribution is 0.0952. The first-order valence-corrected chi connectivity index (χ1v) is 8.14. The van der Waals surface area contributed by atoms with Crippen molar-refractivity contribution in [1.29, 1.82) is 0 Å². The van der Waals surface area contributed by atoms with Crippen molar-refractivity contribution < 1.29 is 9.53 Å². The summed E-state index contributed by atoms with van der Waals surface area (Å²) in [6.07, 6.45) is 4.28. The molecule has 0 radical (unpaired) electrons. The van der Waals surface area contributed by atoms with Gasteiger partial charge in [0.05, 0.1) is 0 Å². The molecule has 3 N–H and O–H groups in total. The van der Waals surface area contributed by atoms with E-state index >= 15 is 0 Å². The van der Waals surface area contributed by atoms with Crippen molar-refractivity contribution in [3.05, 3.63) is 58.9 Å². The molecule has 1 atom stereocenters. The average Bonchev–Trinajstić information content (AvgIpc) is 2.54. The Morgan fingerprint density at radius 2 is 2.04 bits per heavy atom. The highest BCUT2D eigenvalue weighted by Crippen LogP contribution is 2.25. The molecule has 0 saturated carbocycles. The number of hydrogen-bond donors (Lipinski definition) is 2. The monoisotopic (exact) mass is 327 g/mol. The number of carbonyl (C=O) groups is 1. The molecule has 1 aromatic heterocycles. The van der Waals surface area contributed by atoms with E-state index in [-0.39, 0.29) is 11.9 Å². The number of benzene rings is 1. The van der Waals surface area contributed by atoms with Crippen LogP contribution in [0.3, 0.4) is 0 Å². The second-order valence-electron chi connectivity index (χ2n) is 6.11. The maximum atomic E-state index is 12.2. The Bertz CT molecular complexity index is 661. The maximum Gasteiger partial charge on any atom is 0.251 e. The molecule has 0 aliphatic carbocycles. The number of aromatic nitrogens is 1. The molecule has 5 nitrogen and oxygen atoms in total. The first kappa shape index (κ1) is 17.9. The van der Waals surface area contributed by atoms with Gasteiger partial charge in [0.1, 0.15) is 12.4 Å². The molecule has 0 bridgehead atoms. The van der Waals surface area contributed by atoms with Gasteiger partial charge in [-0.15, -0.1) is 0 Å². The lowest BCUT2D eigenvalue weighted by atomic mass is 10.0. The van der Waals surface area contributed by atoms with Crippen LogP contribution in [0, 0.1) is 13.8 Å². The lowest BCUT2D eigenvalue weighted by Gasteiger charge is -2.14. The number of rotatable bonds is 7. The van der Waals surface area contributed by atoms with Crippen LogP contribution in [0.5, 0.6) is 5.75 Å². The Kier molecular flexibility index (Phi) is 6.32. The number of amides is 1. The molecule has 0 aliphatic heterocycles. The summed E-state index contributed by atoms with van der Waals surface area (Å²) in [5.41, 5.74) is 9.23. The van der Waals surface area contributed by atoms with Gasteiger partial charge in [-0.3, -0.25) is 9.78 Å². The third-order valence-electron chi connectivity index (χ3n) is 3.71. The molecule has 0 fully saturated rings. The molecule has 5 heteroatoms. The van der Waals surface area contributed by atoms with E-state index in [2.05, 4.69) is 10.3 Å². The standard InChI is InChI=1S/C19H25N3O2/c1-13-9-17(19(23)22-8-6-15(3)20)10-14(2)18(13)24-12-16-5-4-7-21-11-16/h4-5,7,9-11,15H,6,8,12,20H2,1-3H3,(H,22,23). The minimum absolute atomic E-state index is 0.0806. The Morgan fingerprint density at radius 3 is 2.62 bits per heavy atom. The summed E-state index contributed by atoms with van der Waals surface area (Å²) in [6, 6.07) is 7.64. The van der Waals surface area contributed by atoms with Gasteiger partial charge in [-0.25, -0.2) is 0 Å². The van der Waals surface area contributed by atoms with Gasteiger partial charge < -0.3 is 15.8 Å². The number of nitrogens with one attached hydrogen (secondary N) is 1. The van der Waals surface area contributed by atoms with E-state index in [0.717, 1.165) is 28.9 Å². The summed E-state index contributed by atoms with van der Waals surface area (Å²) in [6.45, 7) is 6.85. The highest BCUT2D eigenvalue weighted by atomic mass is 16.5. The second-order valence-corrected chi connectivity index (χ2v) is 6.11. The van der Waals surface area contributed by atoms with Crippen LogP contribution in [0.25, 0.3) is 0 Å². The molecule has 2 aromatic rings. The Morgan fingerprint density at radius 1 is 1.33 bits per heavy atom. The van der Waals surface area contributed by atoms with Crippen LogP contribution in [0.4, 0.5) is 0 Å². The fraction of sp³-hybridized carbons (Fsp3) is 0.368. The topological polar surface area (TPSA) is 77.2 Å². The largest absolute Gasteiger partial charge is 0.488 e. The highest BCUT2D eigenvalue weighted by Gasteiger charge is 2.12. The van der Waals surface area contributed by atoms with Gasteiger partial charge in [-0.05, 0) is 56.5 Å². The van der Waals surface area contributed by atoms with Crippen LogP contribution in [0.1, 0.15) is 40.4 Å². The molecule has 0 aliphatic rings. The van der Waals surface area contributed by atoms with E-state index in [1.165, 1.54) is 0 Å².